The first-order valence-electron chi connectivity index (χ1n) is 6.25. The second kappa shape index (κ2) is 6.87. The molecule has 22 heavy (non-hydrogen) atoms. The Morgan fingerprint density at radius 3 is 2.50 bits per heavy atom. The zero-order valence-corrected chi connectivity index (χ0v) is 13.2. The van der Waals surface area contributed by atoms with E-state index in [0.717, 1.165) is 10.0 Å². The molecule has 2 rings (SSSR count). The topological polar surface area (TPSA) is 76.2 Å². The van der Waals surface area contributed by atoms with E-state index < -0.39 is 4.92 Å². The van der Waals surface area contributed by atoms with Crippen molar-refractivity contribution in [1.82, 2.24) is 0 Å². The van der Waals surface area contributed by atoms with Crippen LogP contribution in [-0.2, 0) is 0 Å². The minimum Gasteiger partial charge on any atom is -0.496 e. The fourth-order valence-electron chi connectivity index (χ4n) is 1.88. The van der Waals surface area contributed by atoms with Crippen LogP contribution in [0.2, 0.25) is 0 Å². The Balaban J connectivity index is 2.37. The lowest BCUT2D eigenvalue weighted by Gasteiger charge is -2.04. The van der Waals surface area contributed by atoms with E-state index in [4.69, 9.17) is 4.74 Å². The molecule has 0 heterocycles. The molecule has 0 bridgehead atoms. The van der Waals surface area contributed by atoms with Crippen molar-refractivity contribution in [3.8, 4) is 11.8 Å². The number of non-ortho nitro benzene ring substituents is 1. The second-order valence-electron chi connectivity index (χ2n) is 4.37. The number of hydrogen-bond acceptors (Lipinski definition) is 4. The maximum Gasteiger partial charge on any atom is 0.269 e. The summed E-state index contributed by atoms with van der Waals surface area (Å²) in [5.41, 5.74) is 1.86. The third kappa shape index (κ3) is 3.51. The number of methoxy groups -OCH3 is 1. The fraction of sp³-hybridized carbons (Fsp3) is 0.0625. The summed E-state index contributed by atoms with van der Waals surface area (Å²) in [7, 11) is 1.58. The second-order valence-corrected chi connectivity index (χ2v) is 5.22. The highest BCUT2D eigenvalue weighted by atomic mass is 79.9. The van der Waals surface area contributed by atoms with Crippen molar-refractivity contribution < 1.29 is 9.66 Å². The van der Waals surface area contributed by atoms with Crippen LogP contribution in [0.3, 0.4) is 0 Å². The van der Waals surface area contributed by atoms with E-state index in [9.17, 15) is 15.4 Å². The van der Waals surface area contributed by atoms with Crippen LogP contribution in [0, 0.1) is 21.4 Å². The molecule has 0 aromatic heterocycles. The summed E-state index contributed by atoms with van der Waals surface area (Å²) in [6.07, 6.45) is 1.71. The number of nitro benzene ring substituents is 1. The van der Waals surface area contributed by atoms with E-state index in [0.29, 0.717) is 16.9 Å². The molecule has 0 saturated heterocycles. The lowest BCUT2D eigenvalue weighted by Crippen LogP contribution is -1.89. The molecule has 0 saturated carbocycles. The molecule has 0 N–H and O–H groups in total. The summed E-state index contributed by atoms with van der Waals surface area (Å²) in [6, 6.07) is 13.4. The molecule has 5 nitrogen and oxygen atoms in total. The van der Waals surface area contributed by atoms with Gasteiger partial charge in [-0.15, -0.1) is 0 Å². The number of benzene rings is 2. The molecule has 0 atom stereocenters. The molecule has 0 aliphatic heterocycles. The highest BCUT2D eigenvalue weighted by Gasteiger charge is 2.07. The predicted molar refractivity (Wildman–Crippen MR) is 87.3 cm³/mol. The SMILES string of the molecule is COc1ccc(/C=C(/C#N)c2ccc([N+](=O)[O-])cc2)cc1Br. The van der Waals surface area contributed by atoms with Crippen LogP contribution in [0.25, 0.3) is 11.6 Å². The minimum absolute atomic E-state index is 0.00627. The van der Waals surface area contributed by atoms with Crippen LogP contribution in [0.1, 0.15) is 11.1 Å². The molecule has 2 aromatic rings. The number of nitro groups is 1. The van der Waals surface area contributed by atoms with Crippen LogP contribution in [-0.4, -0.2) is 12.0 Å². The Morgan fingerprint density at radius 1 is 1.32 bits per heavy atom. The van der Waals surface area contributed by atoms with Crippen LogP contribution in [0.4, 0.5) is 5.69 Å². The van der Waals surface area contributed by atoms with E-state index in [1.165, 1.54) is 12.1 Å². The Morgan fingerprint density at radius 2 is 2.00 bits per heavy atom. The van der Waals surface area contributed by atoms with Gasteiger partial charge in [0.1, 0.15) is 5.75 Å². The lowest BCUT2D eigenvalue weighted by atomic mass is 10.0. The maximum atomic E-state index is 10.6. The van der Waals surface area contributed by atoms with E-state index in [1.54, 1.807) is 31.4 Å². The van der Waals surface area contributed by atoms with Gasteiger partial charge in [0.2, 0.25) is 0 Å². The van der Waals surface area contributed by atoms with Gasteiger partial charge in [0, 0.05) is 12.1 Å². The Labute approximate surface area is 135 Å². The fourth-order valence-corrected chi connectivity index (χ4v) is 2.44. The van der Waals surface area contributed by atoms with Crippen molar-refractivity contribution in [2.45, 2.75) is 0 Å². The van der Waals surface area contributed by atoms with Crippen molar-refractivity contribution >= 4 is 33.3 Å². The van der Waals surface area contributed by atoms with Gasteiger partial charge in [0.05, 0.1) is 28.1 Å². The third-order valence-corrected chi connectivity index (χ3v) is 3.62. The molecule has 0 amide bonds. The van der Waals surface area contributed by atoms with Gasteiger partial charge in [-0.25, -0.2) is 0 Å². The van der Waals surface area contributed by atoms with E-state index in [1.807, 2.05) is 12.1 Å². The van der Waals surface area contributed by atoms with Gasteiger partial charge in [0.15, 0.2) is 0 Å². The van der Waals surface area contributed by atoms with Gasteiger partial charge in [-0.1, -0.05) is 6.07 Å². The standard InChI is InChI=1S/C16H11BrN2O3/c1-22-16-7-2-11(9-15(16)17)8-13(10-18)12-3-5-14(6-4-12)19(20)21/h2-9H,1H3/b13-8-. The third-order valence-electron chi connectivity index (χ3n) is 3.00. The van der Waals surface area contributed by atoms with Crippen molar-refractivity contribution in [1.29, 1.82) is 5.26 Å². The van der Waals surface area contributed by atoms with Gasteiger partial charge in [-0.05, 0) is 57.4 Å². The highest BCUT2D eigenvalue weighted by molar-refractivity contribution is 9.10. The highest BCUT2D eigenvalue weighted by Crippen LogP contribution is 2.28. The van der Waals surface area contributed by atoms with Gasteiger partial charge in [-0.3, -0.25) is 10.1 Å². The van der Waals surface area contributed by atoms with Crippen LogP contribution < -0.4 is 4.74 Å². The molecule has 0 aliphatic carbocycles. The van der Waals surface area contributed by atoms with Crippen molar-refractivity contribution in [3.05, 3.63) is 68.2 Å². The molecule has 110 valence electrons. The average molecular weight is 359 g/mol. The average Bonchev–Trinajstić information content (AvgIpc) is 2.53. The zero-order chi connectivity index (χ0) is 16.1. The first-order chi connectivity index (χ1) is 10.5. The molecule has 6 heteroatoms. The Kier molecular flexibility index (Phi) is 4.92. The Bertz CT molecular complexity index is 777. The van der Waals surface area contributed by atoms with Gasteiger partial charge in [-0.2, -0.15) is 5.26 Å². The summed E-state index contributed by atoms with van der Waals surface area (Å²) in [5, 5.41) is 20.0. The molecule has 0 unspecified atom stereocenters. The summed E-state index contributed by atoms with van der Waals surface area (Å²) in [4.78, 5) is 10.2. The molecular weight excluding hydrogens is 348 g/mol. The largest absolute Gasteiger partial charge is 0.496 e. The van der Waals surface area contributed by atoms with Crippen molar-refractivity contribution in [3.63, 3.8) is 0 Å². The predicted octanol–water partition coefficient (Wildman–Crippen LogP) is 4.43. The quantitative estimate of drug-likeness (QED) is 0.350. The van der Waals surface area contributed by atoms with Crippen LogP contribution in [0.5, 0.6) is 5.75 Å². The summed E-state index contributed by atoms with van der Waals surface area (Å²) < 4.78 is 5.94. The normalized spacial score (nSPS) is 10.9. The summed E-state index contributed by atoms with van der Waals surface area (Å²) in [6.45, 7) is 0. The number of allylic oxidation sites excluding steroid dienone is 1. The minimum atomic E-state index is -0.472. The number of nitriles is 1. The van der Waals surface area contributed by atoms with Gasteiger partial charge >= 0.3 is 0 Å². The van der Waals surface area contributed by atoms with Crippen LogP contribution >= 0.6 is 15.9 Å². The number of halogens is 1. The van der Waals surface area contributed by atoms with Gasteiger partial charge < -0.3 is 4.74 Å². The number of hydrogen-bond donors (Lipinski definition) is 0. The van der Waals surface area contributed by atoms with Gasteiger partial charge in [0.25, 0.3) is 5.69 Å². The van der Waals surface area contributed by atoms with Crippen molar-refractivity contribution in [2.24, 2.45) is 0 Å². The first-order valence-corrected chi connectivity index (χ1v) is 7.04. The van der Waals surface area contributed by atoms with E-state index in [2.05, 4.69) is 22.0 Å². The molecule has 0 spiro atoms. The Hall–Kier alpha value is -2.65. The molecule has 0 fully saturated rings. The zero-order valence-electron chi connectivity index (χ0n) is 11.6. The maximum absolute atomic E-state index is 10.6. The monoisotopic (exact) mass is 358 g/mol. The first kappa shape index (κ1) is 15.7. The molecule has 2 aromatic carbocycles. The van der Waals surface area contributed by atoms with Crippen molar-refractivity contribution in [2.75, 3.05) is 7.11 Å². The van der Waals surface area contributed by atoms with Crippen LogP contribution in [0.15, 0.2) is 46.9 Å². The summed E-state index contributed by atoms with van der Waals surface area (Å²) >= 11 is 3.39. The number of nitrogens with zero attached hydrogens (tertiary/aromatic N) is 2. The van der Waals surface area contributed by atoms with E-state index >= 15 is 0 Å². The molecular formula is C16H11BrN2O3. The molecule has 0 radical (unpaired) electrons. The summed E-state index contributed by atoms with van der Waals surface area (Å²) in [5.74, 6) is 0.700. The number of rotatable bonds is 4. The lowest BCUT2D eigenvalue weighted by molar-refractivity contribution is -0.384. The van der Waals surface area contributed by atoms with E-state index in [-0.39, 0.29) is 5.69 Å². The smallest absolute Gasteiger partial charge is 0.269 e. The molecule has 0 aliphatic rings. The number of ether oxygens (including phenoxy) is 1.